The highest BCUT2D eigenvalue weighted by Gasteiger charge is 2.13. The highest BCUT2D eigenvalue weighted by molar-refractivity contribution is 7.11. The number of aliphatic imine (C=N–C) groups is 1. The van der Waals surface area contributed by atoms with Gasteiger partial charge >= 0.3 is 0 Å². The van der Waals surface area contributed by atoms with E-state index in [0.717, 1.165) is 10.6 Å². The molecule has 2 N–H and O–H groups in total. The molecule has 2 rings (SSSR count). The lowest BCUT2D eigenvalue weighted by Gasteiger charge is -2.20. The molecule has 1 aromatic carbocycles. The number of thiazole rings is 1. The predicted molar refractivity (Wildman–Crippen MR) is 112 cm³/mol. The Morgan fingerprint density at radius 1 is 1.26 bits per heavy atom. The molecular weight excluding hydrogens is 358 g/mol. The number of hydrogen-bond donors (Lipinski definition) is 2. The van der Waals surface area contributed by atoms with Gasteiger partial charge in [0.05, 0.1) is 11.0 Å². The molecule has 0 fully saturated rings. The van der Waals surface area contributed by atoms with E-state index < -0.39 is 0 Å². The Hall–Kier alpha value is -2.41. The number of rotatable bonds is 7. The Labute approximate surface area is 165 Å². The van der Waals surface area contributed by atoms with Crippen molar-refractivity contribution in [3.05, 3.63) is 52.0 Å². The number of carbonyl (C=O) groups is 1. The van der Waals surface area contributed by atoms with Crippen molar-refractivity contribution in [3.63, 3.8) is 0 Å². The van der Waals surface area contributed by atoms with Crippen molar-refractivity contribution in [1.29, 1.82) is 0 Å². The molecular formula is C20H29N5OS. The molecule has 27 heavy (non-hydrogen) atoms. The van der Waals surface area contributed by atoms with Crippen LogP contribution in [-0.4, -0.2) is 48.9 Å². The van der Waals surface area contributed by atoms with E-state index in [1.807, 2.05) is 24.4 Å². The van der Waals surface area contributed by atoms with Crippen molar-refractivity contribution in [2.75, 3.05) is 27.2 Å². The van der Waals surface area contributed by atoms with Gasteiger partial charge in [-0.05, 0) is 19.4 Å². The SMILES string of the molecule is Cc1cnc(C(C)CNC(=NCC(=O)N(C)C)NC(C)c2ccccc2)s1. The number of aryl methyl sites for hydroxylation is 1. The molecule has 0 aliphatic carbocycles. The fraction of sp³-hybridized carbons (Fsp3) is 0.450. The van der Waals surface area contributed by atoms with Crippen LogP contribution < -0.4 is 10.6 Å². The molecule has 1 heterocycles. The van der Waals surface area contributed by atoms with E-state index >= 15 is 0 Å². The lowest BCUT2D eigenvalue weighted by atomic mass is 10.1. The van der Waals surface area contributed by atoms with Crippen LogP contribution in [0.1, 0.15) is 41.3 Å². The Balaban J connectivity index is 2.04. The van der Waals surface area contributed by atoms with Crippen LogP contribution in [0.5, 0.6) is 0 Å². The minimum atomic E-state index is -0.0351. The maximum atomic E-state index is 11.9. The molecule has 146 valence electrons. The fourth-order valence-electron chi connectivity index (χ4n) is 2.41. The summed E-state index contributed by atoms with van der Waals surface area (Å²) in [7, 11) is 3.47. The smallest absolute Gasteiger partial charge is 0.243 e. The molecule has 2 aromatic rings. The van der Waals surface area contributed by atoms with Gasteiger partial charge in [-0.3, -0.25) is 4.79 Å². The summed E-state index contributed by atoms with van der Waals surface area (Å²) in [6, 6.07) is 10.2. The van der Waals surface area contributed by atoms with Crippen molar-refractivity contribution >= 4 is 23.2 Å². The summed E-state index contributed by atoms with van der Waals surface area (Å²) in [5, 5.41) is 7.84. The number of nitrogens with zero attached hydrogens (tertiary/aromatic N) is 3. The zero-order valence-corrected chi connectivity index (χ0v) is 17.5. The minimum Gasteiger partial charge on any atom is -0.356 e. The fourth-order valence-corrected chi connectivity index (χ4v) is 3.23. The van der Waals surface area contributed by atoms with E-state index in [1.165, 1.54) is 4.88 Å². The Kier molecular flexibility index (Phi) is 7.79. The van der Waals surface area contributed by atoms with E-state index in [9.17, 15) is 4.79 Å². The molecule has 0 aliphatic rings. The monoisotopic (exact) mass is 387 g/mol. The van der Waals surface area contributed by atoms with Gasteiger partial charge in [0.25, 0.3) is 0 Å². The molecule has 0 aliphatic heterocycles. The summed E-state index contributed by atoms with van der Waals surface area (Å²) in [4.78, 5) is 23.6. The van der Waals surface area contributed by atoms with Crippen LogP contribution in [0.2, 0.25) is 0 Å². The molecule has 6 nitrogen and oxygen atoms in total. The predicted octanol–water partition coefficient (Wildman–Crippen LogP) is 2.94. The number of guanidine groups is 1. The van der Waals surface area contributed by atoms with E-state index in [-0.39, 0.29) is 24.4 Å². The number of amides is 1. The van der Waals surface area contributed by atoms with Gasteiger partial charge in [0.1, 0.15) is 6.54 Å². The van der Waals surface area contributed by atoms with E-state index in [2.05, 4.69) is 53.5 Å². The van der Waals surface area contributed by atoms with Gasteiger partial charge in [-0.2, -0.15) is 0 Å². The second kappa shape index (κ2) is 10.1. The molecule has 0 bridgehead atoms. The van der Waals surface area contributed by atoms with Crippen molar-refractivity contribution in [1.82, 2.24) is 20.5 Å². The summed E-state index contributed by atoms with van der Waals surface area (Å²) in [6.45, 7) is 7.07. The van der Waals surface area contributed by atoms with Crippen LogP contribution >= 0.6 is 11.3 Å². The number of nitrogens with one attached hydrogen (secondary N) is 2. The maximum Gasteiger partial charge on any atom is 0.243 e. The van der Waals surface area contributed by atoms with Gasteiger partial charge in [0.15, 0.2) is 5.96 Å². The quantitative estimate of drug-likeness (QED) is 0.566. The first-order valence-electron chi connectivity index (χ1n) is 9.09. The molecule has 0 saturated heterocycles. The zero-order valence-electron chi connectivity index (χ0n) is 16.7. The largest absolute Gasteiger partial charge is 0.356 e. The van der Waals surface area contributed by atoms with Crippen LogP contribution in [-0.2, 0) is 4.79 Å². The number of likely N-dealkylation sites (N-methyl/N-ethyl adjacent to an activating group) is 1. The van der Waals surface area contributed by atoms with Gasteiger partial charge in [0, 0.05) is 37.6 Å². The van der Waals surface area contributed by atoms with E-state index in [1.54, 1.807) is 30.3 Å². The molecule has 0 saturated carbocycles. The van der Waals surface area contributed by atoms with Crippen LogP contribution in [0.25, 0.3) is 0 Å². The summed E-state index contributed by atoms with van der Waals surface area (Å²) in [5.41, 5.74) is 1.16. The molecule has 7 heteroatoms. The lowest BCUT2D eigenvalue weighted by molar-refractivity contribution is -0.127. The van der Waals surface area contributed by atoms with E-state index in [0.29, 0.717) is 12.5 Å². The van der Waals surface area contributed by atoms with E-state index in [4.69, 9.17) is 0 Å². The standard InChI is InChI=1S/C20H29N5OS/c1-14(19-21-12-15(2)27-19)11-22-20(23-13-18(26)25(4)5)24-16(3)17-9-7-6-8-10-17/h6-10,12,14,16H,11,13H2,1-5H3,(H2,22,23,24). The summed E-state index contributed by atoms with van der Waals surface area (Å²) < 4.78 is 0. The minimum absolute atomic E-state index is 0.0351. The average molecular weight is 388 g/mol. The topological polar surface area (TPSA) is 69.6 Å². The number of aromatic nitrogens is 1. The first-order valence-corrected chi connectivity index (χ1v) is 9.90. The lowest BCUT2D eigenvalue weighted by Crippen LogP contribution is -2.41. The van der Waals surface area contributed by atoms with Crippen molar-refractivity contribution in [2.24, 2.45) is 4.99 Å². The normalized spacial score (nSPS) is 13.7. The van der Waals surface area contributed by atoms with Crippen molar-refractivity contribution in [2.45, 2.75) is 32.7 Å². The molecule has 2 unspecified atom stereocenters. The second-order valence-corrected chi connectivity index (χ2v) is 8.09. The van der Waals surface area contributed by atoms with Gasteiger partial charge in [-0.25, -0.2) is 9.98 Å². The van der Waals surface area contributed by atoms with Crippen LogP contribution in [0.3, 0.4) is 0 Å². The maximum absolute atomic E-state index is 11.9. The molecule has 0 spiro atoms. The Morgan fingerprint density at radius 3 is 2.56 bits per heavy atom. The van der Waals surface area contributed by atoms with Gasteiger partial charge < -0.3 is 15.5 Å². The Bertz CT molecular complexity index is 757. The molecule has 0 radical (unpaired) electrons. The molecule has 2 atom stereocenters. The van der Waals surface area contributed by atoms with Crippen LogP contribution in [0.4, 0.5) is 0 Å². The summed E-state index contributed by atoms with van der Waals surface area (Å²) in [5.74, 6) is 0.848. The van der Waals surface area contributed by atoms with Gasteiger partial charge in [0.2, 0.25) is 5.91 Å². The van der Waals surface area contributed by atoms with Crippen molar-refractivity contribution < 1.29 is 4.79 Å². The third-order valence-electron chi connectivity index (χ3n) is 4.16. The van der Waals surface area contributed by atoms with Crippen LogP contribution in [0.15, 0.2) is 41.5 Å². The van der Waals surface area contributed by atoms with Crippen LogP contribution in [0, 0.1) is 6.92 Å². The van der Waals surface area contributed by atoms with Gasteiger partial charge in [-0.15, -0.1) is 11.3 Å². The summed E-state index contributed by atoms with van der Waals surface area (Å²) >= 11 is 1.71. The first-order chi connectivity index (χ1) is 12.9. The first kappa shape index (κ1) is 20.9. The highest BCUT2D eigenvalue weighted by atomic mass is 32.1. The van der Waals surface area contributed by atoms with Crippen molar-refractivity contribution in [3.8, 4) is 0 Å². The molecule has 1 amide bonds. The third kappa shape index (κ3) is 6.67. The average Bonchev–Trinajstić information content (AvgIpc) is 3.10. The highest BCUT2D eigenvalue weighted by Crippen LogP contribution is 2.20. The number of hydrogen-bond acceptors (Lipinski definition) is 4. The zero-order chi connectivity index (χ0) is 19.8. The molecule has 1 aromatic heterocycles. The van der Waals surface area contributed by atoms with Gasteiger partial charge in [-0.1, -0.05) is 37.3 Å². The number of benzene rings is 1. The second-order valence-electron chi connectivity index (χ2n) is 6.82. The third-order valence-corrected chi connectivity index (χ3v) is 5.30. The number of carbonyl (C=O) groups excluding carboxylic acids is 1. The summed E-state index contributed by atoms with van der Waals surface area (Å²) in [6.07, 6.45) is 1.90. The Morgan fingerprint density at radius 2 is 1.96 bits per heavy atom.